The minimum Gasteiger partial charge on any atom is -0.322 e. The summed E-state index contributed by atoms with van der Waals surface area (Å²) in [4.78, 5) is 14.5. The minimum atomic E-state index is -4.51. The fourth-order valence-electron chi connectivity index (χ4n) is 3.85. The molecule has 3 nitrogen and oxygen atoms in total. The van der Waals surface area contributed by atoms with Gasteiger partial charge in [-0.25, -0.2) is 4.39 Å². The van der Waals surface area contributed by atoms with Crippen LogP contribution < -0.4 is 5.32 Å². The Labute approximate surface area is 164 Å². The molecule has 0 saturated carbocycles. The molecule has 2 rings (SSSR count). The predicted octanol–water partition coefficient (Wildman–Crippen LogP) is 5.41. The average molecular weight is 402 g/mol. The largest absolute Gasteiger partial charge is 0.393 e. The molecule has 1 aliphatic rings. The molecule has 1 N–H and O–H groups in total. The van der Waals surface area contributed by atoms with Crippen LogP contribution in [0.3, 0.4) is 0 Å². The van der Waals surface area contributed by atoms with Crippen molar-refractivity contribution in [2.45, 2.75) is 65.1 Å². The second-order valence-corrected chi connectivity index (χ2v) is 7.72. The molecule has 158 valence electrons. The van der Waals surface area contributed by atoms with Crippen molar-refractivity contribution < 1.29 is 22.4 Å². The summed E-state index contributed by atoms with van der Waals surface area (Å²) < 4.78 is 54.5. The fourth-order valence-corrected chi connectivity index (χ4v) is 3.85. The second-order valence-electron chi connectivity index (χ2n) is 7.72. The van der Waals surface area contributed by atoms with E-state index in [2.05, 4.69) is 12.2 Å². The number of rotatable bonds is 7. The summed E-state index contributed by atoms with van der Waals surface area (Å²) in [5, 5.41) is 2.43. The highest BCUT2D eigenvalue weighted by atomic mass is 19.4. The summed E-state index contributed by atoms with van der Waals surface area (Å²) in [7, 11) is 0. The van der Waals surface area contributed by atoms with Crippen molar-refractivity contribution in [3.8, 4) is 0 Å². The Hall–Kier alpha value is -1.63. The maximum absolute atomic E-state index is 14.2. The Bertz CT molecular complexity index is 654. The summed E-state index contributed by atoms with van der Waals surface area (Å²) in [5.41, 5.74) is 0.780. The lowest BCUT2D eigenvalue weighted by Gasteiger charge is -2.39. The molecule has 7 heteroatoms. The summed E-state index contributed by atoms with van der Waals surface area (Å²) in [6.07, 6.45) is -0.438. The predicted molar refractivity (Wildman–Crippen MR) is 103 cm³/mol. The Kier molecular flexibility index (Phi) is 7.87. The zero-order valence-corrected chi connectivity index (χ0v) is 16.8. The van der Waals surface area contributed by atoms with Gasteiger partial charge in [-0.05, 0) is 56.0 Å². The SMILES string of the molecule is CCCc1ccc(F)c(NC(=O)C(C(C)C(F)(F)F)N2CCC(CC)CC2)c1. The van der Waals surface area contributed by atoms with E-state index >= 15 is 0 Å². The van der Waals surface area contributed by atoms with Crippen molar-refractivity contribution in [3.63, 3.8) is 0 Å². The minimum absolute atomic E-state index is 0.0567. The van der Waals surface area contributed by atoms with E-state index in [1.807, 2.05) is 6.92 Å². The molecule has 0 spiro atoms. The third-order valence-electron chi connectivity index (χ3n) is 5.71. The van der Waals surface area contributed by atoms with Crippen LogP contribution in [0.5, 0.6) is 0 Å². The van der Waals surface area contributed by atoms with Crippen LogP contribution in [0.25, 0.3) is 0 Å². The van der Waals surface area contributed by atoms with E-state index in [1.165, 1.54) is 12.1 Å². The molecule has 1 aromatic carbocycles. The smallest absolute Gasteiger partial charge is 0.322 e. The number of alkyl halides is 3. The second kappa shape index (κ2) is 9.72. The molecular weight excluding hydrogens is 372 g/mol. The molecule has 1 amide bonds. The van der Waals surface area contributed by atoms with Crippen LogP contribution in [-0.2, 0) is 11.2 Å². The molecule has 1 fully saturated rings. The maximum atomic E-state index is 14.2. The van der Waals surface area contributed by atoms with Gasteiger partial charge in [-0.1, -0.05) is 39.7 Å². The van der Waals surface area contributed by atoms with Crippen LogP contribution in [-0.4, -0.2) is 36.1 Å². The average Bonchev–Trinajstić information content (AvgIpc) is 2.64. The molecule has 1 aliphatic heterocycles. The Morgan fingerprint density at radius 2 is 1.89 bits per heavy atom. The first-order valence-corrected chi connectivity index (χ1v) is 10.1. The van der Waals surface area contributed by atoms with E-state index in [-0.39, 0.29) is 5.69 Å². The number of likely N-dealkylation sites (tertiary alicyclic amines) is 1. The molecule has 0 bridgehead atoms. The number of amides is 1. The number of halogens is 4. The Morgan fingerprint density at radius 1 is 1.25 bits per heavy atom. The van der Waals surface area contributed by atoms with Gasteiger partial charge in [0.15, 0.2) is 0 Å². The molecule has 28 heavy (non-hydrogen) atoms. The molecule has 1 heterocycles. The quantitative estimate of drug-likeness (QED) is 0.619. The molecule has 0 aliphatic carbocycles. The monoisotopic (exact) mass is 402 g/mol. The molecule has 1 aromatic rings. The van der Waals surface area contributed by atoms with Gasteiger partial charge in [-0.2, -0.15) is 13.2 Å². The van der Waals surface area contributed by atoms with E-state index in [1.54, 1.807) is 11.0 Å². The Morgan fingerprint density at radius 3 is 2.43 bits per heavy atom. The number of carbonyl (C=O) groups excluding carboxylic acids is 1. The lowest BCUT2D eigenvalue weighted by molar-refractivity contribution is -0.189. The molecule has 2 unspecified atom stereocenters. The highest BCUT2D eigenvalue weighted by molar-refractivity contribution is 5.95. The standard InChI is InChI=1S/C21H30F4N2O/c1-4-6-16-7-8-17(22)18(13-16)26-20(28)19(14(3)21(23,24)25)27-11-9-15(5-2)10-12-27/h7-8,13-15,19H,4-6,9-12H2,1-3H3,(H,26,28). The van der Waals surface area contributed by atoms with Gasteiger partial charge in [-0.15, -0.1) is 0 Å². The fraction of sp³-hybridized carbons (Fsp3) is 0.667. The normalized spacial score (nSPS) is 18.7. The van der Waals surface area contributed by atoms with Crippen molar-refractivity contribution >= 4 is 11.6 Å². The van der Waals surface area contributed by atoms with Gasteiger partial charge in [0, 0.05) is 0 Å². The van der Waals surface area contributed by atoms with Gasteiger partial charge >= 0.3 is 6.18 Å². The highest BCUT2D eigenvalue weighted by Crippen LogP contribution is 2.34. The first kappa shape index (κ1) is 22.7. The van der Waals surface area contributed by atoms with E-state index < -0.39 is 29.9 Å². The molecule has 1 saturated heterocycles. The molecule has 0 radical (unpaired) electrons. The van der Waals surface area contributed by atoms with Crippen molar-refractivity contribution in [1.29, 1.82) is 0 Å². The van der Waals surface area contributed by atoms with E-state index in [9.17, 15) is 22.4 Å². The van der Waals surface area contributed by atoms with E-state index in [4.69, 9.17) is 0 Å². The number of nitrogens with zero attached hydrogens (tertiary/aromatic N) is 1. The first-order chi connectivity index (χ1) is 13.2. The van der Waals surface area contributed by atoms with Gasteiger partial charge < -0.3 is 5.32 Å². The number of benzene rings is 1. The number of aryl methyl sites for hydroxylation is 1. The summed E-state index contributed by atoms with van der Waals surface area (Å²) in [5.74, 6) is -2.81. The van der Waals surface area contributed by atoms with Crippen molar-refractivity contribution in [2.24, 2.45) is 11.8 Å². The van der Waals surface area contributed by atoms with Gasteiger partial charge in [0.05, 0.1) is 11.6 Å². The highest BCUT2D eigenvalue weighted by Gasteiger charge is 2.47. The van der Waals surface area contributed by atoms with Crippen LogP contribution in [0.2, 0.25) is 0 Å². The number of nitrogens with one attached hydrogen (secondary N) is 1. The van der Waals surface area contributed by atoms with Crippen molar-refractivity contribution in [2.75, 3.05) is 18.4 Å². The van der Waals surface area contributed by atoms with Crippen molar-refractivity contribution in [3.05, 3.63) is 29.6 Å². The van der Waals surface area contributed by atoms with Gasteiger partial charge in [0.25, 0.3) is 0 Å². The van der Waals surface area contributed by atoms with E-state index in [0.717, 1.165) is 38.2 Å². The number of piperidine rings is 1. The lowest BCUT2D eigenvalue weighted by Crippen LogP contribution is -2.54. The number of hydrogen-bond acceptors (Lipinski definition) is 2. The topological polar surface area (TPSA) is 32.3 Å². The number of anilines is 1. The van der Waals surface area contributed by atoms with Crippen LogP contribution in [0.1, 0.15) is 52.0 Å². The summed E-state index contributed by atoms with van der Waals surface area (Å²) >= 11 is 0. The van der Waals surface area contributed by atoms with Crippen molar-refractivity contribution in [1.82, 2.24) is 4.90 Å². The third-order valence-corrected chi connectivity index (χ3v) is 5.71. The van der Waals surface area contributed by atoms with Crippen LogP contribution in [0.4, 0.5) is 23.2 Å². The molecular formula is C21H30F4N2O. The third kappa shape index (κ3) is 5.69. The molecule has 0 aromatic heterocycles. The Balaban J connectivity index is 2.23. The van der Waals surface area contributed by atoms with E-state index in [0.29, 0.717) is 25.4 Å². The number of hydrogen-bond donors (Lipinski definition) is 1. The van der Waals surface area contributed by atoms with Crippen LogP contribution in [0.15, 0.2) is 18.2 Å². The lowest BCUT2D eigenvalue weighted by atomic mass is 9.90. The zero-order chi connectivity index (χ0) is 20.9. The van der Waals surface area contributed by atoms with Gasteiger partial charge in [-0.3, -0.25) is 9.69 Å². The zero-order valence-electron chi connectivity index (χ0n) is 16.8. The van der Waals surface area contributed by atoms with Gasteiger partial charge in [0.1, 0.15) is 11.9 Å². The number of carbonyl (C=O) groups is 1. The van der Waals surface area contributed by atoms with Gasteiger partial charge in [0.2, 0.25) is 5.91 Å². The summed E-state index contributed by atoms with van der Waals surface area (Å²) in [6.45, 7) is 5.95. The molecule has 2 atom stereocenters. The maximum Gasteiger partial charge on any atom is 0.393 e. The summed E-state index contributed by atoms with van der Waals surface area (Å²) in [6, 6.07) is 3.01. The van der Waals surface area contributed by atoms with Crippen LogP contribution >= 0.6 is 0 Å². The first-order valence-electron chi connectivity index (χ1n) is 10.1. The van der Waals surface area contributed by atoms with Crippen LogP contribution in [0, 0.1) is 17.7 Å².